The molecule has 0 aliphatic heterocycles. The Hall–Kier alpha value is -3.44. The van der Waals surface area contributed by atoms with Gasteiger partial charge in [-0.15, -0.1) is 0 Å². The first kappa shape index (κ1) is 20.8. The highest BCUT2D eigenvalue weighted by atomic mass is 16.5. The minimum Gasteiger partial charge on any atom is -0.497 e. The number of hydrogen-bond donors (Lipinski definition) is 2. The minimum absolute atomic E-state index is 0.688. The van der Waals surface area contributed by atoms with Crippen molar-refractivity contribution in [3.63, 3.8) is 0 Å². The number of unbranched alkanes of at least 4 members (excludes halogenated alkanes) is 1. The molecule has 1 aromatic heterocycles. The van der Waals surface area contributed by atoms with Crippen LogP contribution in [0.5, 0.6) is 23.0 Å². The van der Waals surface area contributed by atoms with E-state index in [1.54, 1.807) is 14.2 Å². The highest BCUT2D eigenvalue weighted by Crippen LogP contribution is 2.37. The number of aromatic nitrogens is 1. The van der Waals surface area contributed by atoms with Crippen LogP contribution < -0.4 is 19.9 Å². The Labute approximate surface area is 182 Å². The van der Waals surface area contributed by atoms with Gasteiger partial charge >= 0.3 is 0 Å². The normalized spacial score (nSPS) is 10.9. The Bertz CT molecular complexity index is 1130. The van der Waals surface area contributed by atoms with Crippen molar-refractivity contribution in [3.8, 4) is 34.3 Å². The zero-order chi connectivity index (χ0) is 21.6. The van der Waals surface area contributed by atoms with E-state index in [1.165, 1.54) is 5.56 Å². The lowest BCUT2D eigenvalue weighted by atomic mass is 10.00. The summed E-state index contributed by atoms with van der Waals surface area (Å²) in [5.74, 6) is 3.15. The summed E-state index contributed by atoms with van der Waals surface area (Å²) in [5, 5.41) is 1.15. The molecule has 0 saturated carbocycles. The van der Waals surface area contributed by atoms with E-state index in [2.05, 4.69) is 17.1 Å². The molecule has 4 aromatic rings. The summed E-state index contributed by atoms with van der Waals surface area (Å²) in [6, 6.07) is 21.9. The number of aryl methyl sites for hydroxylation is 1. The van der Waals surface area contributed by atoms with Crippen molar-refractivity contribution in [2.75, 3.05) is 20.8 Å². The molecule has 5 nitrogen and oxygen atoms in total. The second kappa shape index (κ2) is 9.58. The number of para-hydroxylation sites is 1. The van der Waals surface area contributed by atoms with Crippen LogP contribution in [0.3, 0.4) is 0 Å². The van der Waals surface area contributed by atoms with Crippen molar-refractivity contribution in [1.82, 2.24) is 4.98 Å². The molecule has 0 amide bonds. The number of hydrogen-bond acceptors (Lipinski definition) is 4. The maximum atomic E-state index is 6.08. The van der Waals surface area contributed by atoms with Crippen LogP contribution in [0.15, 0.2) is 66.7 Å². The van der Waals surface area contributed by atoms with E-state index in [1.807, 2.05) is 54.6 Å². The van der Waals surface area contributed by atoms with Crippen LogP contribution in [0.25, 0.3) is 22.2 Å². The lowest BCUT2D eigenvalue weighted by Gasteiger charge is -2.10. The summed E-state index contributed by atoms with van der Waals surface area (Å²) >= 11 is 0. The summed E-state index contributed by atoms with van der Waals surface area (Å²) in [4.78, 5) is 3.60. The predicted molar refractivity (Wildman–Crippen MR) is 125 cm³/mol. The zero-order valence-electron chi connectivity index (χ0n) is 18.0. The molecule has 31 heavy (non-hydrogen) atoms. The van der Waals surface area contributed by atoms with Crippen LogP contribution >= 0.6 is 0 Å². The topological polar surface area (TPSA) is 69.5 Å². The molecule has 0 bridgehead atoms. The molecular formula is C26H28N2O3. The van der Waals surface area contributed by atoms with Crippen molar-refractivity contribution in [2.45, 2.75) is 19.3 Å². The molecule has 160 valence electrons. The Morgan fingerprint density at radius 2 is 1.52 bits per heavy atom. The minimum atomic E-state index is 0.688. The summed E-state index contributed by atoms with van der Waals surface area (Å²) < 4.78 is 17.1. The predicted octanol–water partition coefficient (Wildman–Crippen LogP) is 5.93. The third-order valence-corrected chi connectivity index (χ3v) is 5.38. The van der Waals surface area contributed by atoms with Crippen LogP contribution in [0.4, 0.5) is 0 Å². The average molecular weight is 417 g/mol. The molecule has 0 unspecified atom stereocenters. The van der Waals surface area contributed by atoms with Gasteiger partial charge in [-0.2, -0.15) is 0 Å². The SMILES string of the molecule is COc1cc(OC)cc(-c2[nH]c3ccc(Oc4ccccc4)cc3c2CCCCN)c1. The number of aromatic amines is 1. The maximum Gasteiger partial charge on any atom is 0.128 e. The number of fused-ring (bicyclic) bond motifs is 1. The Morgan fingerprint density at radius 3 is 2.19 bits per heavy atom. The van der Waals surface area contributed by atoms with Gasteiger partial charge in [0.2, 0.25) is 0 Å². The van der Waals surface area contributed by atoms with Gasteiger partial charge < -0.3 is 24.9 Å². The van der Waals surface area contributed by atoms with Gasteiger partial charge in [-0.25, -0.2) is 0 Å². The number of rotatable bonds is 9. The molecule has 0 fully saturated rings. The third-order valence-electron chi connectivity index (χ3n) is 5.38. The van der Waals surface area contributed by atoms with Crippen molar-refractivity contribution in [2.24, 2.45) is 5.73 Å². The molecule has 1 heterocycles. The number of ether oxygens (including phenoxy) is 3. The molecule has 4 rings (SSSR count). The standard InChI is InChI=1S/C26H28N2O3/c1-29-21-14-18(15-22(16-21)30-2)26-23(10-6-7-13-27)24-17-20(11-12-25(24)28-26)31-19-8-4-3-5-9-19/h3-5,8-9,11-12,14-17,28H,6-7,10,13,27H2,1-2H3. The second-order valence-electron chi connectivity index (χ2n) is 7.45. The molecule has 3 N–H and O–H groups in total. The van der Waals surface area contributed by atoms with Gasteiger partial charge in [0, 0.05) is 28.2 Å². The first-order valence-electron chi connectivity index (χ1n) is 10.5. The molecule has 3 aromatic carbocycles. The first-order valence-corrected chi connectivity index (χ1v) is 10.5. The number of nitrogens with one attached hydrogen (secondary N) is 1. The molecule has 0 aliphatic rings. The largest absolute Gasteiger partial charge is 0.497 e. The van der Waals surface area contributed by atoms with Crippen LogP contribution in [0.1, 0.15) is 18.4 Å². The van der Waals surface area contributed by atoms with Gasteiger partial charge in [0.25, 0.3) is 0 Å². The lowest BCUT2D eigenvalue weighted by molar-refractivity contribution is 0.394. The maximum absolute atomic E-state index is 6.08. The van der Waals surface area contributed by atoms with Gasteiger partial charge in [0.05, 0.1) is 14.2 Å². The van der Waals surface area contributed by atoms with Crippen LogP contribution in [0, 0.1) is 0 Å². The second-order valence-corrected chi connectivity index (χ2v) is 7.45. The van der Waals surface area contributed by atoms with Crippen LogP contribution in [0.2, 0.25) is 0 Å². The number of nitrogens with two attached hydrogens (primary N) is 1. The van der Waals surface area contributed by atoms with E-state index < -0.39 is 0 Å². The summed E-state index contributed by atoms with van der Waals surface area (Å²) in [5.41, 5.74) is 10.2. The molecule has 0 saturated heterocycles. The van der Waals surface area contributed by atoms with Crippen molar-refractivity contribution < 1.29 is 14.2 Å². The van der Waals surface area contributed by atoms with E-state index >= 15 is 0 Å². The summed E-state index contributed by atoms with van der Waals surface area (Å²) in [6.07, 6.45) is 2.91. The monoisotopic (exact) mass is 416 g/mol. The van der Waals surface area contributed by atoms with Gasteiger partial charge in [-0.1, -0.05) is 18.2 Å². The fourth-order valence-corrected chi connectivity index (χ4v) is 3.82. The number of H-pyrrole nitrogens is 1. The Balaban J connectivity index is 1.80. The number of methoxy groups -OCH3 is 2. The van der Waals surface area contributed by atoms with E-state index in [-0.39, 0.29) is 0 Å². The summed E-state index contributed by atoms with van der Waals surface area (Å²) in [6.45, 7) is 0.688. The van der Waals surface area contributed by atoms with E-state index in [0.29, 0.717) is 6.54 Å². The van der Waals surface area contributed by atoms with Gasteiger partial charge in [0.15, 0.2) is 0 Å². The van der Waals surface area contributed by atoms with E-state index in [0.717, 1.165) is 64.4 Å². The molecule has 0 radical (unpaired) electrons. The molecule has 5 heteroatoms. The fraction of sp³-hybridized carbons (Fsp3) is 0.231. The molecule has 0 aliphatic carbocycles. The van der Waals surface area contributed by atoms with Crippen molar-refractivity contribution in [1.29, 1.82) is 0 Å². The quantitative estimate of drug-likeness (QED) is 0.332. The Kier molecular flexibility index (Phi) is 6.43. The Morgan fingerprint density at radius 1 is 0.774 bits per heavy atom. The van der Waals surface area contributed by atoms with Gasteiger partial charge in [-0.05, 0) is 73.8 Å². The highest BCUT2D eigenvalue weighted by Gasteiger charge is 2.16. The van der Waals surface area contributed by atoms with Crippen molar-refractivity contribution in [3.05, 3.63) is 72.3 Å². The number of benzene rings is 3. The highest BCUT2D eigenvalue weighted by molar-refractivity contribution is 5.92. The van der Waals surface area contributed by atoms with Gasteiger partial charge in [0.1, 0.15) is 23.0 Å². The molecular weight excluding hydrogens is 388 g/mol. The summed E-state index contributed by atoms with van der Waals surface area (Å²) in [7, 11) is 3.33. The van der Waals surface area contributed by atoms with Crippen molar-refractivity contribution >= 4 is 10.9 Å². The van der Waals surface area contributed by atoms with Gasteiger partial charge in [-0.3, -0.25) is 0 Å². The van der Waals surface area contributed by atoms with Crippen LogP contribution in [-0.2, 0) is 6.42 Å². The fourth-order valence-electron chi connectivity index (χ4n) is 3.82. The van der Waals surface area contributed by atoms with E-state index in [4.69, 9.17) is 19.9 Å². The average Bonchev–Trinajstić information content (AvgIpc) is 3.17. The lowest BCUT2D eigenvalue weighted by Crippen LogP contribution is -1.99. The first-order chi connectivity index (χ1) is 15.2. The third kappa shape index (κ3) is 4.67. The molecule has 0 atom stereocenters. The zero-order valence-corrected chi connectivity index (χ0v) is 18.0. The smallest absolute Gasteiger partial charge is 0.128 e. The van der Waals surface area contributed by atoms with Crippen LogP contribution in [-0.4, -0.2) is 25.7 Å². The molecule has 0 spiro atoms. The van der Waals surface area contributed by atoms with E-state index in [9.17, 15) is 0 Å².